The number of esters is 1. The lowest BCUT2D eigenvalue weighted by atomic mass is 9.88. The van der Waals surface area contributed by atoms with Crippen molar-refractivity contribution in [2.75, 3.05) is 20.3 Å². The Labute approximate surface area is 196 Å². The van der Waals surface area contributed by atoms with Crippen molar-refractivity contribution in [3.63, 3.8) is 0 Å². The van der Waals surface area contributed by atoms with Crippen molar-refractivity contribution in [1.82, 2.24) is 14.5 Å². The van der Waals surface area contributed by atoms with Gasteiger partial charge in [0.25, 0.3) is 0 Å². The quantitative estimate of drug-likeness (QED) is 0.327. The molecule has 0 N–H and O–H groups in total. The number of pyridine rings is 2. The molecule has 166 valence electrons. The molecule has 1 fully saturated rings. The molecule has 4 aromatic heterocycles. The van der Waals surface area contributed by atoms with Crippen LogP contribution in [0.2, 0.25) is 0 Å². The summed E-state index contributed by atoms with van der Waals surface area (Å²) in [4.78, 5) is 22.1. The number of hydrogen-bond donors (Lipinski definition) is 0. The van der Waals surface area contributed by atoms with Crippen LogP contribution in [0, 0.1) is 18.7 Å². The smallest absolute Gasteiger partial charge is 0.348 e. The maximum absolute atomic E-state index is 15.2. The third kappa shape index (κ3) is 3.43. The molecule has 0 bridgehead atoms. The number of nitrogens with zero attached hydrogens (tertiary/aromatic N) is 3. The summed E-state index contributed by atoms with van der Waals surface area (Å²) < 4.78 is 29.6. The Morgan fingerprint density at radius 3 is 2.88 bits per heavy atom. The molecule has 4 aromatic rings. The number of aromatic nitrogens is 3. The van der Waals surface area contributed by atoms with Crippen LogP contribution >= 0.6 is 27.3 Å². The molecule has 1 unspecified atom stereocenters. The number of carbonyl (C=O) groups is 1. The van der Waals surface area contributed by atoms with Gasteiger partial charge >= 0.3 is 5.97 Å². The number of halogens is 2. The maximum atomic E-state index is 15.2. The van der Waals surface area contributed by atoms with Crippen molar-refractivity contribution in [1.29, 1.82) is 0 Å². The maximum Gasteiger partial charge on any atom is 0.348 e. The predicted molar refractivity (Wildman–Crippen MR) is 125 cm³/mol. The number of fused-ring (bicyclic) bond motifs is 3. The Morgan fingerprint density at radius 2 is 2.16 bits per heavy atom. The molecule has 32 heavy (non-hydrogen) atoms. The number of ether oxygens (including phenoxy) is 2. The number of methoxy groups -OCH3 is 1. The van der Waals surface area contributed by atoms with Crippen LogP contribution in [0.15, 0.2) is 35.1 Å². The lowest BCUT2D eigenvalue weighted by Gasteiger charge is -2.32. The molecule has 1 atom stereocenters. The monoisotopic (exact) mass is 517 g/mol. The molecular formula is C23H21BrFN3O3S. The molecule has 0 saturated carbocycles. The molecule has 0 aromatic carbocycles. The van der Waals surface area contributed by atoms with Gasteiger partial charge in [-0.15, -0.1) is 11.3 Å². The van der Waals surface area contributed by atoms with E-state index in [1.54, 1.807) is 18.5 Å². The fourth-order valence-electron chi connectivity index (χ4n) is 4.64. The van der Waals surface area contributed by atoms with Crippen molar-refractivity contribution in [3.8, 4) is 0 Å². The standard InChI is InChI=1S/C23H21BrFN3O3S/c1-12-19-22(32-21(12)23(29)30-2)18-16(10-14(24)11-27-18)28(19)20(13-5-8-31-9-6-13)17-15(25)4-3-7-26-17/h3-4,7,10-11,13,20H,5-6,8-9H2,1-2H3. The van der Waals surface area contributed by atoms with Crippen molar-refractivity contribution < 1.29 is 18.7 Å². The molecule has 6 nitrogen and oxygen atoms in total. The van der Waals surface area contributed by atoms with Gasteiger partial charge in [-0.2, -0.15) is 0 Å². The van der Waals surface area contributed by atoms with Crippen molar-refractivity contribution in [2.24, 2.45) is 5.92 Å². The van der Waals surface area contributed by atoms with Gasteiger partial charge in [0.15, 0.2) is 0 Å². The zero-order chi connectivity index (χ0) is 22.4. The first-order valence-corrected chi connectivity index (χ1v) is 12.0. The SMILES string of the molecule is COC(=O)c1sc2c3ncc(Br)cc3n(C(c3ncccc3F)C3CCOCC3)c2c1C. The normalized spacial score (nSPS) is 16.0. The van der Waals surface area contributed by atoms with E-state index in [9.17, 15) is 4.79 Å². The van der Waals surface area contributed by atoms with E-state index >= 15 is 4.39 Å². The zero-order valence-corrected chi connectivity index (χ0v) is 20.0. The average molecular weight is 518 g/mol. The Hall–Kier alpha value is -2.36. The van der Waals surface area contributed by atoms with Gasteiger partial charge in [0, 0.05) is 30.1 Å². The fraction of sp³-hybridized carbons (Fsp3) is 0.348. The van der Waals surface area contributed by atoms with E-state index in [0.717, 1.165) is 44.1 Å². The van der Waals surface area contributed by atoms with Gasteiger partial charge in [-0.05, 0) is 65.4 Å². The number of thiophene rings is 1. The first-order valence-electron chi connectivity index (χ1n) is 10.4. The minimum absolute atomic E-state index is 0.117. The number of rotatable bonds is 4. The number of aryl methyl sites for hydroxylation is 1. The van der Waals surface area contributed by atoms with Crippen LogP contribution in [-0.2, 0) is 9.47 Å². The van der Waals surface area contributed by atoms with Gasteiger partial charge in [0.1, 0.15) is 16.2 Å². The first-order chi connectivity index (χ1) is 15.5. The van der Waals surface area contributed by atoms with Crippen molar-refractivity contribution in [2.45, 2.75) is 25.8 Å². The summed E-state index contributed by atoms with van der Waals surface area (Å²) in [6.45, 7) is 3.15. The minimum Gasteiger partial charge on any atom is -0.465 e. The van der Waals surface area contributed by atoms with Gasteiger partial charge in [-0.1, -0.05) is 0 Å². The Bertz CT molecular complexity index is 1330. The molecule has 0 amide bonds. The van der Waals surface area contributed by atoms with E-state index in [4.69, 9.17) is 9.47 Å². The number of carbonyl (C=O) groups excluding carboxylic acids is 1. The number of hydrogen-bond acceptors (Lipinski definition) is 6. The second kappa shape index (κ2) is 8.53. The van der Waals surface area contributed by atoms with Crippen molar-refractivity contribution in [3.05, 3.63) is 57.0 Å². The summed E-state index contributed by atoms with van der Waals surface area (Å²) in [5.74, 6) is -0.609. The molecule has 9 heteroatoms. The fourth-order valence-corrected chi connectivity index (χ4v) is 6.18. The molecule has 5 heterocycles. The minimum atomic E-state index is -0.382. The molecule has 0 aliphatic carbocycles. The highest BCUT2D eigenvalue weighted by Crippen LogP contribution is 2.45. The van der Waals surface area contributed by atoms with Crippen LogP contribution in [-0.4, -0.2) is 40.8 Å². The van der Waals surface area contributed by atoms with Gasteiger partial charge in [-0.25, -0.2) is 9.18 Å². The largest absolute Gasteiger partial charge is 0.465 e. The second-order valence-electron chi connectivity index (χ2n) is 7.88. The van der Waals surface area contributed by atoms with Crippen LogP contribution in [0.25, 0.3) is 21.3 Å². The summed E-state index contributed by atoms with van der Waals surface area (Å²) in [7, 11) is 1.38. The van der Waals surface area contributed by atoms with Crippen LogP contribution in [0.5, 0.6) is 0 Å². The molecule has 0 radical (unpaired) electrons. The predicted octanol–water partition coefficient (Wildman–Crippen LogP) is 5.66. The Kier molecular flexibility index (Phi) is 5.73. The molecule has 1 saturated heterocycles. The van der Waals surface area contributed by atoms with Gasteiger partial charge in [-0.3, -0.25) is 9.97 Å². The summed E-state index contributed by atoms with van der Waals surface area (Å²) in [6.07, 6.45) is 4.94. The summed E-state index contributed by atoms with van der Waals surface area (Å²) >= 11 is 4.90. The Morgan fingerprint density at radius 1 is 1.38 bits per heavy atom. The van der Waals surface area contributed by atoms with Gasteiger partial charge in [0.05, 0.1) is 34.6 Å². The second-order valence-corrected chi connectivity index (χ2v) is 9.82. The van der Waals surface area contributed by atoms with E-state index < -0.39 is 0 Å². The molecule has 1 aliphatic heterocycles. The highest BCUT2D eigenvalue weighted by atomic mass is 79.9. The summed E-state index contributed by atoms with van der Waals surface area (Å²) in [5.41, 5.74) is 3.72. The van der Waals surface area contributed by atoms with Crippen LogP contribution in [0.3, 0.4) is 0 Å². The third-order valence-corrected chi connectivity index (χ3v) is 7.79. The highest BCUT2D eigenvalue weighted by Gasteiger charge is 2.34. The lowest BCUT2D eigenvalue weighted by molar-refractivity contribution is 0.0543. The van der Waals surface area contributed by atoms with Gasteiger partial charge < -0.3 is 14.0 Å². The zero-order valence-electron chi connectivity index (χ0n) is 17.6. The molecular weight excluding hydrogens is 497 g/mol. The van der Waals surface area contributed by atoms with Crippen LogP contribution < -0.4 is 0 Å². The topological polar surface area (TPSA) is 66.2 Å². The van der Waals surface area contributed by atoms with E-state index in [1.807, 2.05) is 13.0 Å². The van der Waals surface area contributed by atoms with E-state index in [0.29, 0.717) is 23.8 Å². The third-order valence-electron chi connectivity index (χ3n) is 6.09. The average Bonchev–Trinajstić information content (AvgIpc) is 3.30. The highest BCUT2D eigenvalue weighted by molar-refractivity contribution is 9.10. The first kappa shape index (κ1) is 21.5. The molecule has 1 aliphatic rings. The van der Waals surface area contributed by atoms with Crippen molar-refractivity contribution >= 4 is 54.5 Å². The lowest BCUT2D eigenvalue weighted by Crippen LogP contribution is -2.28. The summed E-state index contributed by atoms with van der Waals surface area (Å²) in [6, 6.07) is 4.69. The molecule has 0 spiro atoms. The van der Waals surface area contributed by atoms with Gasteiger partial charge in [0.2, 0.25) is 0 Å². The van der Waals surface area contributed by atoms with Crippen LogP contribution in [0.1, 0.15) is 39.8 Å². The summed E-state index contributed by atoms with van der Waals surface area (Å²) in [5, 5.41) is 0. The van der Waals surface area contributed by atoms with E-state index in [1.165, 1.54) is 24.5 Å². The van der Waals surface area contributed by atoms with E-state index in [-0.39, 0.29) is 23.7 Å². The molecule has 5 rings (SSSR count). The van der Waals surface area contributed by atoms with Crippen LogP contribution in [0.4, 0.5) is 4.39 Å². The van der Waals surface area contributed by atoms with E-state index in [2.05, 4.69) is 30.5 Å². The Balaban J connectivity index is 1.87.